The SMILES string of the molecule is CC(=O)N(CCC(=O)Nc1ccc(C#N)cc1)Cc1ccccc1Cl. The summed E-state index contributed by atoms with van der Waals surface area (Å²) in [7, 11) is 0. The molecule has 1 N–H and O–H groups in total. The van der Waals surface area contributed by atoms with Crippen molar-refractivity contribution in [2.75, 3.05) is 11.9 Å². The fourth-order valence-corrected chi connectivity index (χ4v) is 2.46. The summed E-state index contributed by atoms with van der Waals surface area (Å²) in [6.07, 6.45) is 0.171. The van der Waals surface area contributed by atoms with E-state index in [2.05, 4.69) is 5.32 Å². The largest absolute Gasteiger partial charge is 0.338 e. The highest BCUT2D eigenvalue weighted by atomic mass is 35.5. The highest BCUT2D eigenvalue weighted by Gasteiger charge is 2.13. The molecule has 0 saturated carbocycles. The van der Waals surface area contributed by atoms with Crippen LogP contribution in [0.15, 0.2) is 48.5 Å². The van der Waals surface area contributed by atoms with Crippen LogP contribution in [0.5, 0.6) is 0 Å². The lowest BCUT2D eigenvalue weighted by Gasteiger charge is -2.21. The number of nitriles is 1. The van der Waals surface area contributed by atoms with Gasteiger partial charge in [0.25, 0.3) is 0 Å². The van der Waals surface area contributed by atoms with Crippen LogP contribution in [-0.4, -0.2) is 23.3 Å². The molecule has 0 heterocycles. The molecular weight excluding hydrogens is 338 g/mol. The number of carbonyl (C=O) groups excluding carboxylic acids is 2. The zero-order valence-corrected chi connectivity index (χ0v) is 14.6. The van der Waals surface area contributed by atoms with E-state index in [0.717, 1.165) is 5.56 Å². The fourth-order valence-electron chi connectivity index (χ4n) is 2.27. The first-order valence-electron chi connectivity index (χ1n) is 7.78. The van der Waals surface area contributed by atoms with Gasteiger partial charge < -0.3 is 10.2 Å². The zero-order chi connectivity index (χ0) is 18.2. The average Bonchev–Trinajstić information content (AvgIpc) is 2.60. The van der Waals surface area contributed by atoms with E-state index in [1.807, 2.05) is 24.3 Å². The third-order valence-electron chi connectivity index (χ3n) is 3.67. The maximum atomic E-state index is 12.1. The van der Waals surface area contributed by atoms with Crippen molar-refractivity contribution in [3.05, 3.63) is 64.7 Å². The monoisotopic (exact) mass is 355 g/mol. The normalized spacial score (nSPS) is 9.96. The maximum Gasteiger partial charge on any atom is 0.226 e. The lowest BCUT2D eigenvalue weighted by Crippen LogP contribution is -2.31. The van der Waals surface area contributed by atoms with Crippen LogP contribution in [0.1, 0.15) is 24.5 Å². The van der Waals surface area contributed by atoms with Crippen LogP contribution in [0, 0.1) is 11.3 Å². The van der Waals surface area contributed by atoms with Crippen molar-refractivity contribution in [1.82, 2.24) is 4.90 Å². The molecule has 0 spiro atoms. The average molecular weight is 356 g/mol. The zero-order valence-electron chi connectivity index (χ0n) is 13.8. The van der Waals surface area contributed by atoms with Gasteiger partial charge in [-0.3, -0.25) is 9.59 Å². The quantitative estimate of drug-likeness (QED) is 0.860. The first kappa shape index (κ1) is 18.5. The number of nitrogens with zero attached hydrogens (tertiary/aromatic N) is 2. The molecule has 2 aromatic rings. The molecule has 0 aliphatic rings. The number of halogens is 1. The smallest absolute Gasteiger partial charge is 0.226 e. The molecule has 2 rings (SSSR count). The van der Waals surface area contributed by atoms with Gasteiger partial charge in [-0.15, -0.1) is 0 Å². The second kappa shape index (κ2) is 8.86. The standard InChI is InChI=1S/C19H18ClN3O2/c1-14(24)23(13-16-4-2-3-5-18(16)20)11-10-19(25)22-17-8-6-15(12-21)7-9-17/h2-9H,10-11,13H2,1H3,(H,22,25). The second-order valence-electron chi connectivity index (χ2n) is 5.52. The Hall–Kier alpha value is -2.84. The molecule has 25 heavy (non-hydrogen) atoms. The van der Waals surface area contributed by atoms with E-state index in [0.29, 0.717) is 29.4 Å². The fraction of sp³-hybridized carbons (Fsp3) is 0.211. The van der Waals surface area contributed by atoms with Crippen molar-refractivity contribution in [2.45, 2.75) is 19.9 Å². The minimum absolute atomic E-state index is 0.119. The Morgan fingerprint density at radius 2 is 1.84 bits per heavy atom. The molecule has 0 aliphatic carbocycles. The summed E-state index contributed by atoms with van der Waals surface area (Å²) in [6.45, 7) is 2.12. The first-order valence-corrected chi connectivity index (χ1v) is 8.16. The van der Waals surface area contributed by atoms with Crippen LogP contribution in [0.2, 0.25) is 5.02 Å². The molecule has 2 aromatic carbocycles. The first-order chi connectivity index (χ1) is 12.0. The van der Waals surface area contributed by atoms with Gasteiger partial charge >= 0.3 is 0 Å². The Labute approximate surface area is 151 Å². The molecule has 0 fully saturated rings. The summed E-state index contributed by atoms with van der Waals surface area (Å²) in [5.41, 5.74) is 1.98. The molecule has 0 aromatic heterocycles. The van der Waals surface area contributed by atoms with Gasteiger partial charge in [0.05, 0.1) is 11.6 Å². The molecule has 0 unspecified atom stereocenters. The van der Waals surface area contributed by atoms with Crippen molar-refractivity contribution < 1.29 is 9.59 Å². The Kier molecular flexibility index (Phi) is 6.55. The number of nitrogens with one attached hydrogen (secondary N) is 1. The molecule has 0 bridgehead atoms. The molecule has 5 nitrogen and oxygen atoms in total. The number of carbonyl (C=O) groups is 2. The van der Waals surface area contributed by atoms with Gasteiger partial charge in [0.2, 0.25) is 11.8 Å². The number of rotatable bonds is 6. The van der Waals surface area contributed by atoms with Gasteiger partial charge in [-0.1, -0.05) is 29.8 Å². The van der Waals surface area contributed by atoms with Crippen LogP contribution in [0.25, 0.3) is 0 Å². The summed E-state index contributed by atoms with van der Waals surface area (Å²) < 4.78 is 0. The van der Waals surface area contributed by atoms with Gasteiger partial charge in [-0.05, 0) is 35.9 Å². The predicted octanol–water partition coefficient (Wildman–Crippen LogP) is 3.59. The Morgan fingerprint density at radius 1 is 1.16 bits per heavy atom. The van der Waals surface area contributed by atoms with Crippen molar-refractivity contribution >= 4 is 29.1 Å². The number of hydrogen-bond acceptors (Lipinski definition) is 3. The van der Waals surface area contributed by atoms with E-state index in [4.69, 9.17) is 16.9 Å². The Bertz CT molecular complexity index is 797. The molecule has 2 amide bonds. The van der Waals surface area contributed by atoms with Crippen molar-refractivity contribution in [3.63, 3.8) is 0 Å². The van der Waals surface area contributed by atoms with Crippen LogP contribution in [0.3, 0.4) is 0 Å². The Morgan fingerprint density at radius 3 is 2.44 bits per heavy atom. The van der Waals surface area contributed by atoms with Crippen molar-refractivity contribution in [3.8, 4) is 6.07 Å². The summed E-state index contributed by atoms with van der Waals surface area (Å²) in [5.74, 6) is -0.318. The van der Waals surface area contributed by atoms with Gasteiger partial charge in [-0.25, -0.2) is 0 Å². The van der Waals surface area contributed by atoms with Crippen LogP contribution < -0.4 is 5.32 Å². The van der Waals surface area contributed by atoms with Crippen LogP contribution in [0.4, 0.5) is 5.69 Å². The number of benzene rings is 2. The lowest BCUT2D eigenvalue weighted by atomic mass is 10.2. The van der Waals surface area contributed by atoms with Crippen LogP contribution >= 0.6 is 11.6 Å². The molecule has 6 heteroatoms. The molecular formula is C19H18ClN3O2. The van der Waals surface area contributed by atoms with Crippen LogP contribution in [-0.2, 0) is 16.1 Å². The minimum Gasteiger partial charge on any atom is -0.338 e. The molecule has 0 radical (unpaired) electrons. The van der Waals surface area contributed by atoms with E-state index >= 15 is 0 Å². The van der Waals surface area contributed by atoms with Gasteiger partial charge in [0, 0.05) is 37.1 Å². The highest BCUT2D eigenvalue weighted by Crippen LogP contribution is 2.17. The van der Waals surface area contributed by atoms with E-state index in [-0.39, 0.29) is 18.2 Å². The van der Waals surface area contributed by atoms with Crippen molar-refractivity contribution in [1.29, 1.82) is 5.26 Å². The van der Waals surface area contributed by atoms with Gasteiger partial charge in [-0.2, -0.15) is 5.26 Å². The number of hydrogen-bond donors (Lipinski definition) is 1. The summed E-state index contributed by atoms with van der Waals surface area (Å²) in [4.78, 5) is 25.5. The van der Waals surface area contributed by atoms with E-state index < -0.39 is 0 Å². The van der Waals surface area contributed by atoms with E-state index in [1.165, 1.54) is 6.92 Å². The Balaban J connectivity index is 1.91. The summed E-state index contributed by atoms with van der Waals surface area (Å²) in [6, 6.07) is 15.9. The van der Waals surface area contributed by atoms with E-state index in [1.54, 1.807) is 35.2 Å². The lowest BCUT2D eigenvalue weighted by molar-refractivity contribution is -0.129. The number of anilines is 1. The third-order valence-corrected chi connectivity index (χ3v) is 4.04. The summed E-state index contributed by atoms with van der Waals surface area (Å²) >= 11 is 6.13. The molecule has 0 aliphatic heterocycles. The molecule has 0 atom stereocenters. The van der Waals surface area contributed by atoms with Gasteiger partial charge in [0.15, 0.2) is 0 Å². The third kappa shape index (κ3) is 5.63. The topological polar surface area (TPSA) is 73.2 Å². The summed E-state index contributed by atoms with van der Waals surface area (Å²) in [5, 5.41) is 12.1. The number of amides is 2. The van der Waals surface area contributed by atoms with E-state index in [9.17, 15) is 9.59 Å². The second-order valence-corrected chi connectivity index (χ2v) is 5.93. The van der Waals surface area contributed by atoms with Crippen molar-refractivity contribution in [2.24, 2.45) is 0 Å². The van der Waals surface area contributed by atoms with Gasteiger partial charge in [0.1, 0.15) is 0 Å². The highest BCUT2D eigenvalue weighted by molar-refractivity contribution is 6.31. The molecule has 128 valence electrons. The minimum atomic E-state index is -0.199. The molecule has 0 saturated heterocycles. The predicted molar refractivity (Wildman–Crippen MR) is 96.9 cm³/mol. The maximum absolute atomic E-state index is 12.1.